The number of nitrogens with one attached hydrogen (secondary N) is 6. The molecule has 0 aliphatic heterocycles. The van der Waals surface area contributed by atoms with E-state index in [-0.39, 0.29) is 0 Å². The van der Waals surface area contributed by atoms with E-state index in [9.17, 15) is 0 Å². The molecule has 40 heavy (non-hydrogen) atoms. The number of H-pyrrole nitrogens is 6. The molecule has 8 aromatic heterocycles. The van der Waals surface area contributed by atoms with Crippen molar-refractivity contribution in [2.45, 2.75) is 0 Å². The first-order valence-corrected chi connectivity index (χ1v) is 10.9. The van der Waals surface area contributed by atoms with Gasteiger partial charge >= 0.3 is 0 Å². The van der Waals surface area contributed by atoms with Crippen LogP contribution in [0.2, 0.25) is 0 Å². The quantitative estimate of drug-likeness (QED) is 0.151. The number of aromatic amines is 6. The second-order valence-corrected chi connectivity index (χ2v) is 5.99. The summed E-state index contributed by atoms with van der Waals surface area (Å²) in [5.41, 5.74) is 1.59. The molecule has 0 saturated heterocycles. The average Bonchev–Trinajstić information content (AvgIpc) is 3.91. The SMILES string of the molecule is c1c[nH]cn1.c1ccncc1.c1cn[nH]c1.c1nc[nH]n1.c1ncc2[nH]cnc2n1.c1nn[nH]n1.c1nn[nH]n1. The van der Waals surface area contributed by atoms with Gasteiger partial charge in [0, 0.05) is 37.2 Å². The van der Waals surface area contributed by atoms with E-state index in [2.05, 4.69) is 102 Å². The highest BCUT2D eigenvalue weighted by Crippen LogP contribution is 1.99. The number of rotatable bonds is 0. The van der Waals surface area contributed by atoms with Crippen LogP contribution in [0.1, 0.15) is 0 Å². The minimum Gasteiger partial charge on any atom is -0.351 e. The van der Waals surface area contributed by atoms with E-state index in [1.807, 2.05) is 24.3 Å². The maximum Gasteiger partial charge on any atom is 0.180 e. The van der Waals surface area contributed by atoms with Crippen molar-refractivity contribution in [2.24, 2.45) is 0 Å². The van der Waals surface area contributed by atoms with E-state index in [1.54, 1.807) is 56.0 Å². The van der Waals surface area contributed by atoms with Crippen LogP contribution in [0, 0.1) is 0 Å². The molecule has 0 spiro atoms. The van der Waals surface area contributed by atoms with Crippen molar-refractivity contribution < 1.29 is 0 Å². The number of nitrogens with zero attached hydrogens (tertiary/aromatic N) is 14. The lowest BCUT2D eigenvalue weighted by atomic mass is 10.5. The Morgan fingerprint density at radius 1 is 0.525 bits per heavy atom. The topological polar surface area (TPSA) is 275 Å². The molecule has 0 aromatic carbocycles. The van der Waals surface area contributed by atoms with Crippen LogP contribution in [-0.2, 0) is 0 Å². The largest absolute Gasteiger partial charge is 0.351 e. The van der Waals surface area contributed by atoms with Crippen LogP contribution in [0.25, 0.3) is 11.2 Å². The first-order chi connectivity index (χ1) is 20.0. The minimum absolute atomic E-state index is 0.713. The van der Waals surface area contributed by atoms with Crippen LogP contribution in [-0.4, -0.2) is 102 Å². The van der Waals surface area contributed by atoms with Gasteiger partial charge in [-0.2, -0.15) is 20.6 Å². The summed E-state index contributed by atoms with van der Waals surface area (Å²) in [6, 6.07) is 7.55. The van der Waals surface area contributed by atoms with Crippen molar-refractivity contribution >= 4 is 11.2 Å². The molecule has 0 atom stereocenters. The van der Waals surface area contributed by atoms with Crippen molar-refractivity contribution in [3.63, 3.8) is 0 Å². The van der Waals surface area contributed by atoms with Crippen LogP contribution in [0.15, 0.2) is 112 Å². The molecule has 8 heterocycles. The second-order valence-electron chi connectivity index (χ2n) is 5.99. The summed E-state index contributed by atoms with van der Waals surface area (Å²) in [7, 11) is 0. The summed E-state index contributed by atoms with van der Waals surface area (Å²) in [6.07, 6.45) is 22.4. The second kappa shape index (κ2) is 22.8. The first kappa shape index (κ1) is 29.6. The van der Waals surface area contributed by atoms with Gasteiger partial charge in [-0.3, -0.25) is 15.2 Å². The molecule has 0 radical (unpaired) electrons. The van der Waals surface area contributed by atoms with Crippen molar-refractivity contribution in [2.75, 3.05) is 0 Å². The highest BCUT2D eigenvalue weighted by Gasteiger charge is 1.91. The Balaban J connectivity index is 0.000000166. The lowest BCUT2D eigenvalue weighted by Crippen LogP contribution is -1.76. The van der Waals surface area contributed by atoms with Crippen LogP contribution >= 0.6 is 0 Å². The molecule has 0 fully saturated rings. The molecule has 6 N–H and O–H groups in total. The number of aromatic nitrogens is 20. The van der Waals surface area contributed by atoms with Gasteiger partial charge in [-0.1, -0.05) is 16.5 Å². The van der Waals surface area contributed by atoms with Crippen molar-refractivity contribution in [1.29, 1.82) is 0 Å². The van der Waals surface area contributed by atoms with Crippen molar-refractivity contribution in [3.8, 4) is 0 Å². The van der Waals surface area contributed by atoms with Gasteiger partial charge < -0.3 is 9.97 Å². The molecule has 0 unspecified atom stereocenters. The zero-order chi connectivity index (χ0) is 28.0. The third-order valence-electron chi connectivity index (χ3n) is 3.35. The zero-order valence-corrected chi connectivity index (χ0v) is 20.7. The molecular formula is C20H24N20. The van der Waals surface area contributed by atoms with Crippen LogP contribution in [0.3, 0.4) is 0 Å². The number of pyridine rings is 1. The van der Waals surface area contributed by atoms with Crippen LogP contribution in [0.5, 0.6) is 0 Å². The van der Waals surface area contributed by atoms with Gasteiger partial charge in [0.25, 0.3) is 0 Å². The van der Waals surface area contributed by atoms with Gasteiger partial charge in [0.2, 0.25) is 0 Å². The Morgan fingerprint density at radius 2 is 1.35 bits per heavy atom. The molecule has 20 nitrogen and oxygen atoms in total. The Labute approximate surface area is 225 Å². The number of tetrazole rings is 2. The van der Waals surface area contributed by atoms with Crippen molar-refractivity contribution in [1.82, 2.24) is 102 Å². The summed E-state index contributed by atoms with van der Waals surface area (Å²) in [5.74, 6) is 0. The van der Waals surface area contributed by atoms with E-state index >= 15 is 0 Å². The standard InChI is InChI=1S/C5H4N4.C5H5N.2C3H4N2.C2H3N3.2CH2N4/c1-4-5(8-2-6-1)9-3-7-4;1-2-4-6-5-3-1;1-2-5-3-4-1;1-2-4-5-3-1;1-3-2-5-4-1;2*1-2-4-5-3-1/h1-3H,(H,6,7,8,9);1-5H;2*1-3H,(H,4,5);1-2H,(H,3,4,5);2*1H,(H,2,3,4,5). The molecular weight excluding hydrogens is 520 g/mol. The summed E-state index contributed by atoms with van der Waals surface area (Å²) in [4.78, 5) is 28.2. The van der Waals surface area contributed by atoms with E-state index in [1.165, 1.54) is 31.6 Å². The third-order valence-corrected chi connectivity index (χ3v) is 3.35. The Bertz CT molecular complexity index is 1130. The monoisotopic (exact) mass is 544 g/mol. The number of hydrogen-bond acceptors (Lipinski definition) is 14. The van der Waals surface area contributed by atoms with Crippen LogP contribution < -0.4 is 0 Å². The fourth-order valence-electron chi connectivity index (χ4n) is 1.86. The molecule has 0 bridgehead atoms. The van der Waals surface area contributed by atoms with Crippen LogP contribution in [0.4, 0.5) is 0 Å². The maximum absolute atomic E-state index is 3.91. The van der Waals surface area contributed by atoms with Gasteiger partial charge in [0.15, 0.2) is 18.3 Å². The van der Waals surface area contributed by atoms with Gasteiger partial charge in [-0.15, -0.1) is 20.4 Å². The minimum atomic E-state index is 0.713. The first-order valence-electron chi connectivity index (χ1n) is 10.9. The molecule has 0 amide bonds. The number of imidazole rings is 2. The Morgan fingerprint density at radius 3 is 1.68 bits per heavy atom. The number of fused-ring (bicyclic) bond motifs is 1. The maximum atomic E-state index is 3.91. The fraction of sp³-hybridized carbons (Fsp3) is 0. The molecule has 8 rings (SSSR count). The van der Waals surface area contributed by atoms with Gasteiger partial charge in [0.05, 0.1) is 18.9 Å². The Hall–Kier alpha value is -6.60. The summed E-state index contributed by atoms with van der Waals surface area (Å²) < 4.78 is 0. The van der Waals surface area contributed by atoms with Gasteiger partial charge in [0.1, 0.15) is 24.5 Å². The molecule has 20 heteroatoms. The Kier molecular flexibility index (Phi) is 16.9. The predicted octanol–water partition coefficient (Wildman–Crippen LogP) is 0.458. The molecule has 0 aliphatic carbocycles. The lowest BCUT2D eigenvalue weighted by molar-refractivity contribution is 0.881. The molecule has 204 valence electrons. The summed E-state index contributed by atoms with van der Waals surface area (Å²) in [5, 5.41) is 36.5. The average molecular weight is 545 g/mol. The smallest absolute Gasteiger partial charge is 0.180 e. The number of hydrogen-bond donors (Lipinski definition) is 6. The van der Waals surface area contributed by atoms with Gasteiger partial charge in [-0.25, -0.2) is 24.9 Å². The highest BCUT2D eigenvalue weighted by atomic mass is 15.5. The van der Waals surface area contributed by atoms with Crippen molar-refractivity contribution in [3.05, 3.63) is 112 Å². The van der Waals surface area contributed by atoms with E-state index < -0.39 is 0 Å². The highest BCUT2D eigenvalue weighted by molar-refractivity contribution is 5.67. The molecule has 0 saturated carbocycles. The normalized spacial score (nSPS) is 8.50. The fourth-order valence-corrected chi connectivity index (χ4v) is 1.86. The van der Waals surface area contributed by atoms with E-state index in [0.717, 1.165) is 5.52 Å². The lowest BCUT2D eigenvalue weighted by Gasteiger charge is -1.80. The zero-order valence-electron chi connectivity index (χ0n) is 20.7. The van der Waals surface area contributed by atoms with E-state index in [4.69, 9.17) is 0 Å². The predicted molar refractivity (Wildman–Crippen MR) is 138 cm³/mol. The summed E-state index contributed by atoms with van der Waals surface area (Å²) in [6.45, 7) is 0. The molecule has 0 aliphatic rings. The summed E-state index contributed by atoms with van der Waals surface area (Å²) >= 11 is 0. The van der Waals surface area contributed by atoms with Gasteiger partial charge in [-0.05, 0) is 18.2 Å². The third kappa shape index (κ3) is 16.9. The van der Waals surface area contributed by atoms with E-state index in [0.29, 0.717) is 5.65 Å². The molecule has 8 aromatic rings.